The third kappa shape index (κ3) is 8.53. The van der Waals surface area contributed by atoms with Gasteiger partial charge in [-0.3, -0.25) is 4.79 Å². The van der Waals surface area contributed by atoms with Crippen molar-refractivity contribution in [3.05, 3.63) is 0 Å². The lowest BCUT2D eigenvalue weighted by Gasteiger charge is -2.36. The molecule has 1 aliphatic heterocycles. The van der Waals surface area contributed by atoms with E-state index in [2.05, 4.69) is 34.4 Å². The molecule has 0 aromatic carbocycles. The van der Waals surface area contributed by atoms with E-state index < -0.39 is 0 Å². The Morgan fingerprint density at radius 2 is 1.83 bits per heavy atom. The molecule has 1 aliphatic carbocycles. The fourth-order valence-electron chi connectivity index (χ4n) is 4.50. The van der Waals surface area contributed by atoms with E-state index in [1.54, 1.807) is 19.0 Å². The zero-order valence-electron chi connectivity index (χ0n) is 19.4. The van der Waals surface area contributed by atoms with Crippen molar-refractivity contribution >= 4 is 11.9 Å². The second kappa shape index (κ2) is 13.1. The fourth-order valence-corrected chi connectivity index (χ4v) is 4.50. The number of carbonyl (C=O) groups excluding carboxylic acids is 1. The van der Waals surface area contributed by atoms with Gasteiger partial charge in [0.1, 0.15) is 6.54 Å². The van der Waals surface area contributed by atoms with E-state index in [0.29, 0.717) is 12.0 Å². The molecule has 0 aromatic rings. The molecule has 1 atom stereocenters. The molecular weight excluding hydrogens is 362 g/mol. The van der Waals surface area contributed by atoms with Crippen LogP contribution in [0.15, 0.2) is 4.99 Å². The molecule has 2 rings (SSSR count). The van der Waals surface area contributed by atoms with Crippen LogP contribution >= 0.6 is 0 Å². The molecule has 1 amide bonds. The van der Waals surface area contributed by atoms with Crippen LogP contribution in [0.25, 0.3) is 0 Å². The Kier molecular flexibility index (Phi) is 10.8. The lowest BCUT2D eigenvalue weighted by Crippen LogP contribution is -2.51. The lowest BCUT2D eigenvalue weighted by atomic mass is 9.99. The summed E-state index contributed by atoms with van der Waals surface area (Å²) in [5.74, 6) is 1.52. The minimum Gasteiger partial charge on any atom is -0.356 e. The summed E-state index contributed by atoms with van der Waals surface area (Å²) in [7, 11) is 3.57. The topological polar surface area (TPSA) is 60.0 Å². The first-order valence-corrected chi connectivity index (χ1v) is 12.0. The predicted octanol–water partition coefficient (Wildman–Crippen LogP) is 3.23. The third-order valence-corrected chi connectivity index (χ3v) is 6.68. The molecule has 2 N–H and O–H groups in total. The molecule has 1 heterocycles. The number of hydrogen-bond acceptors (Lipinski definition) is 3. The number of amides is 1. The van der Waals surface area contributed by atoms with Crippen LogP contribution in [-0.4, -0.2) is 74.0 Å². The summed E-state index contributed by atoms with van der Waals surface area (Å²) in [6.45, 7) is 8.01. The maximum atomic E-state index is 12.0. The zero-order valence-corrected chi connectivity index (χ0v) is 19.4. The Hall–Kier alpha value is -1.30. The van der Waals surface area contributed by atoms with Gasteiger partial charge < -0.3 is 20.4 Å². The number of nitrogens with zero attached hydrogens (tertiary/aromatic N) is 3. The average Bonchev–Trinajstić information content (AvgIpc) is 3.27. The van der Waals surface area contributed by atoms with E-state index in [1.807, 2.05) is 0 Å². The molecular formula is C23H45N5O. The van der Waals surface area contributed by atoms with Crippen LogP contribution in [-0.2, 0) is 4.79 Å². The van der Waals surface area contributed by atoms with Crippen molar-refractivity contribution in [2.45, 2.75) is 90.1 Å². The largest absolute Gasteiger partial charge is 0.356 e. The van der Waals surface area contributed by atoms with Gasteiger partial charge in [0.05, 0.1) is 0 Å². The number of rotatable bonds is 10. The van der Waals surface area contributed by atoms with E-state index in [-0.39, 0.29) is 12.5 Å². The standard InChI is InChI=1S/C23H45N5O/c1-5-7-10-19(6-2)17-24-23(25-18-22(29)27(3)4)26-20-13-15-28(16-14-20)21-11-8-9-12-21/h19-21H,5-18H2,1-4H3,(H2,24,25,26). The van der Waals surface area contributed by atoms with Crippen LogP contribution in [0.2, 0.25) is 0 Å². The highest BCUT2D eigenvalue weighted by Crippen LogP contribution is 2.26. The number of aliphatic imine (C=N–C) groups is 1. The maximum Gasteiger partial charge on any atom is 0.243 e. The quantitative estimate of drug-likeness (QED) is 0.431. The molecule has 0 radical (unpaired) electrons. The highest BCUT2D eigenvalue weighted by atomic mass is 16.2. The maximum absolute atomic E-state index is 12.0. The van der Waals surface area contributed by atoms with E-state index in [0.717, 1.165) is 31.4 Å². The van der Waals surface area contributed by atoms with Crippen molar-refractivity contribution in [1.82, 2.24) is 20.4 Å². The van der Waals surface area contributed by atoms with Crippen LogP contribution in [0.1, 0.15) is 78.1 Å². The van der Waals surface area contributed by atoms with Gasteiger partial charge in [0.25, 0.3) is 0 Å². The van der Waals surface area contributed by atoms with Crippen LogP contribution in [0.4, 0.5) is 0 Å². The minimum absolute atomic E-state index is 0.0418. The highest BCUT2D eigenvalue weighted by Gasteiger charge is 2.27. The fraction of sp³-hybridized carbons (Fsp3) is 0.913. The highest BCUT2D eigenvalue weighted by molar-refractivity contribution is 5.84. The molecule has 1 unspecified atom stereocenters. The SMILES string of the molecule is CCCCC(CC)CNC(=NCC(=O)N(C)C)NC1CCN(C2CCCC2)CC1. The third-order valence-electron chi connectivity index (χ3n) is 6.68. The van der Waals surface area contributed by atoms with Gasteiger partial charge in [0.2, 0.25) is 5.91 Å². The Balaban J connectivity index is 1.86. The summed E-state index contributed by atoms with van der Waals surface area (Å²) in [6, 6.07) is 1.27. The Morgan fingerprint density at radius 1 is 1.14 bits per heavy atom. The summed E-state index contributed by atoms with van der Waals surface area (Å²) in [6.07, 6.45) is 12.8. The lowest BCUT2D eigenvalue weighted by molar-refractivity contribution is -0.127. The normalized spacial score (nSPS) is 20.6. The number of carbonyl (C=O) groups is 1. The van der Waals surface area contributed by atoms with Crippen LogP contribution in [0, 0.1) is 5.92 Å². The molecule has 168 valence electrons. The number of guanidine groups is 1. The van der Waals surface area contributed by atoms with Crippen molar-refractivity contribution in [2.24, 2.45) is 10.9 Å². The Morgan fingerprint density at radius 3 is 2.41 bits per heavy atom. The predicted molar refractivity (Wildman–Crippen MR) is 122 cm³/mol. The molecule has 0 bridgehead atoms. The number of nitrogens with one attached hydrogen (secondary N) is 2. The van der Waals surface area contributed by atoms with Crippen molar-refractivity contribution in [2.75, 3.05) is 40.3 Å². The second-order valence-corrected chi connectivity index (χ2v) is 9.14. The molecule has 6 heteroatoms. The van der Waals surface area contributed by atoms with E-state index in [9.17, 15) is 4.79 Å². The van der Waals surface area contributed by atoms with Gasteiger partial charge in [-0.25, -0.2) is 4.99 Å². The van der Waals surface area contributed by atoms with Gasteiger partial charge in [0.15, 0.2) is 5.96 Å². The number of likely N-dealkylation sites (tertiary alicyclic amines) is 1. The average molecular weight is 408 g/mol. The van der Waals surface area contributed by atoms with E-state index >= 15 is 0 Å². The number of hydrogen-bond donors (Lipinski definition) is 2. The van der Waals surface area contributed by atoms with E-state index in [1.165, 1.54) is 64.5 Å². The molecule has 0 spiro atoms. The first kappa shape index (κ1) is 24.0. The molecule has 2 fully saturated rings. The molecule has 2 aliphatic rings. The molecule has 6 nitrogen and oxygen atoms in total. The van der Waals surface area contributed by atoms with Gasteiger partial charge in [-0.05, 0) is 38.0 Å². The summed E-state index contributed by atoms with van der Waals surface area (Å²) in [5.41, 5.74) is 0. The van der Waals surface area contributed by atoms with Crippen molar-refractivity contribution in [3.8, 4) is 0 Å². The summed E-state index contributed by atoms with van der Waals surface area (Å²) >= 11 is 0. The Labute approximate surface area is 178 Å². The monoisotopic (exact) mass is 407 g/mol. The van der Waals surface area contributed by atoms with Crippen LogP contribution < -0.4 is 10.6 Å². The summed E-state index contributed by atoms with van der Waals surface area (Å²) < 4.78 is 0. The van der Waals surface area contributed by atoms with Gasteiger partial charge in [-0.2, -0.15) is 0 Å². The van der Waals surface area contributed by atoms with Crippen LogP contribution in [0.5, 0.6) is 0 Å². The first-order valence-electron chi connectivity index (χ1n) is 12.0. The molecule has 0 aromatic heterocycles. The number of likely N-dealkylation sites (N-methyl/N-ethyl adjacent to an activating group) is 1. The molecule has 29 heavy (non-hydrogen) atoms. The van der Waals surface area contributed by atoms with Crippen molar-refractivity contribution in [1.29, 1.82) is 0 Å². The summed E-state index contributed by atoms with van der Waals surface area (Å²) in [5, 5.41) is 7.18. The van der Waals surface area contributed by atoms with Gasteiger partial charge in [0, 0.05) is 45.8 Å². The summed E-state index contributed by atoms with van der Waals surface area (Å²) in [4.78, 5) is 20.9. The zero-order chi connectivity index (χ0) is 21.1. The smallest absolute Gasteiger partial charge is 0.243 e. The molecule has 1 saturated heterocycles. The minimum atomic E-state index is 0.0418. The van der Waals surface area contributed by atoms with Gasteiger partial charge >= 0.3 is 0 Å². The number of unbranched alkanes of at least 4 members (excludes halogenated alkanes) is 1. The van der Waals surface area contributed by atoms with Gasteiger partial charge in [-0.15, -0.1) is 0 Å². The Bertz CT molecular complexity index is 493. The van der Waals surface area contributed by atoms with E-state index in [4.69, 9.17) is 0 Å². The van der Waals surface area contributed by atoms with Gasteiger partial charge in [-0.1, -0.05) is 46.0 Å². The first-order chi connectivity index (χ1) is 14.0. The van der Waals surface area contributed by atoms with Crippen LogP contribution in [0.3, 0.4) is 0 Å². The van der Waals surface area contributed by atoms with Crippen molar-refractivity contribution < 1.29 is 4.79 Å². The van der Waals surface area contributed by atoms with Crippen molar-refractivity contribution in [3.63, 3.8) is 0 Å². The second-order valence-electron chi connectivity index (χ2n) is 9.14. The molecule has 1 saturated carbocycles. The number of piperidine rings is 1.